The van der Waals surface area contributed by atoms with Gasteiger partial charge < -0.3 is 0 Å². The molecule has 1 aromatic rings. The summed E-state index contributed by atoms with van der Waals surface area (Å²) < 4.78 is 40.8. The van der Waals surface area contributed by atoms with Crippen LogP contribution < -0.4 is 10.3 Å². The highest BCUT2D eigenvalue weighted by atomic mass is 19.4. The average molecular weight is 328 g/mol. The fourth-order valence-electron chi connectivity index (χ4n) is 2.48. The molecule has 0 saturated carbocycles. The lowest BCUT2D eigenvalue weighted by Gasteiger charge is -2.24. The van der Waals surface area contributed by atoms with E-state index in [0.717, 1.165) is 11.8 Å². The van der Waals surface area contributed by atoms with Gasteiger partial charge in [-0.3, -0.25) is 10.1 Å². The van der Waals surface area contributed by atoms with Crippen LogP contribution in [-0.4, -0.2) is 40.9 Å². The first-order chi connectivity index (χ1) is 10.7. The number of carbonyl (C=O) groups excluding carboxylic acids is 2. The molecule has 0 saturated heterocycles. The maximum Gasteiger partial charge on any atom is 0.465 e. The van der Waals surface area contributed by atoms with Crippen LogP contribution in [0.1, 0.15) is 25.8 Å². The minimum Gasteiger partial charge on any atom is -0.298 e. The minimum absolute atomic E-state index is 0.0310. The monoisotopic (exact) mass is 328 g/mol. The summed E-state index contributed by atoms with van der Waals surface area (Å²) >= 11 is 0. The Bertz CT molecular complexity index is 643. The molecule has 2 amide bonds. The van der Waals surface area contributed by atoms with Crippen molar-refractivity contribution in [1.29, 1.82) is 0 Å². The van der Waals surface area contributed by atoms with Crippen LogP contribution in [0, 0.1) is 0 Å². The van der Waals surface area contributed by atoms with Gasteiger partial charge in [-0.1, -0.05) is 25.1 Å². The summed E-state index contributed by atoms with van der Waals surface area (Å²) in [5.41, 5.74) is -2.70. The zero-order chi connectivity index (χ0) is 17.3. The number of hydrogen-bond donors (Lipinski definition) is 2. The van der Waals surface area contributed by atoms with Crippen molar-refractivity contribution in [2.45, 2.75) is 32.1 Å². The van der Waals surface area contributed by atoms with E-state index in [1.165, 1.54) is 0 Å². The molecule has 0 radical (unpaired) electrons. The summed E-state index contributed by atoms with van der Waals surface area (Å²) in [7, 11) is 0. The molecule has 5 nitrogen and oxygen atoms in total. The van der Waals surface area contributed by atoms with Crippen LogP contribution in [0.15, 0.2) is 30.3 Å². The Morgan fingerprint density at radius 2 is 1.91 bits per heavy atom. The van der Waals surface area contributed by atoms with Crippen molar-refractivity contribution >= 4 is 17.6 Å². The molecule has 0 unspecified atom stereocenters. The van der Waals surface area contributed by atoms with Crippen molar-refractivity contribution in [3.8, 4) is 0 Å². The molecule has 1 atom stereocenters. The summed E-state index contributed by atoms with van der Waals surface area (Å²) in [5.74, 6) is -2.15. The van der Waals surface area contributed by atoms with Gasteiger partial charge in [-0.05, 0) is 18.6 Å². The molecule has 0 aromatic heterocycles. The summed E-state index contributed by atoms with van der Waals surface area (Å²) in [6, 6.07) is 8.22. The Hall–Kier alpha value is -2.38. The van der Waals surface area contributed by atoms with Crippen molar-refractivity contribution < 1.29 is 27.8 Å². The zero-order valence-electron chi connectivity index (χ0n) is 12.7. The van der Waals surface area contributed by atoms with E-state index >= 15 is 0 Å². The van der Waals surface area contributed by atoms with Crippen molar-refractivity contribution in [2.75, 3.05) is 6.54 Å². The molecule has 8 heteroatoms. The fraction of sp³-hybridized carbons (Fsp3) is 0.400. The van der Waals surface area contributed by atoms with Crippen LogP contribution in [0.5, 0.6) is 0 Å². The fourth-order valence-corrected chi connectivity index (χ4v) is 2.48. The largest absolute Gasteiger partial charge is 0.465 e. The molecule has 1 aromatic carbocycles. The van der Waals surface area contributed by atoms with Gasteiger partial charge in [0.15, 0.2) is 0 Å². The second-order valence-electron chi connectivity index (χ2n) is 5.23. The van der Waals surface area contributed by atoms with Gasteiger partial charge in [0.2, 0.25) is 5.91 Å². The van der Waals surface area contributed by atoms with Crippen LogP contribution in [-0.2, 0) is 9.59 Å². The quantitative estimate of drug-likeness (QED) is 0.827. The first kappa shape index (κ1) is 17.0. The molecular weight excluding hydrogens is 311 g/mol. The Kier molecular flexibility index (Phi) is 4.44. The molecule has 0 fully saturated rings. The van der Waals surface area contributed by atoms with E-state index in [-0.39, 0.29) is 12.4 Å². The Labute approximate surface area is 131 Å². The van der Waals surface area contributed by atoms with Gasteiger partial charge in [0.25, 0.3) is 5.84 Å². The Morgan fingerprint density at radius 3 is 2.39 bits per heavy atom. The van der Waals surface area contributed by atoms with Gasteiger partial charge in [0, 0.05) is 6.92 Å². The number of hydrogen-bond acceptors (Lipinski definition) is 2. The SMILES string of the molecule is CCCN1C(=O)[C@](NC(C)=O)(C(F)(F)F)[NH+]=C1c1ccccc1. The molecular formula is C15H17F3N3O2+. The van der Waals surface area contributed by atoms with Gasteiger partial charge in [0.05, 0.1) is 12.1 Å². The Balaban J connectivity index is 2.61. The molecule has 2 N–H and O–H groups in total. The number of rotatable bonds is 4. The predicted molar refractivity (Wildman–Crippen MR) is 76.1 cm³/mol. The van der Waals surface area contributed by atoms with Crippen molar-refractivity contribution in [3.05, 3.63) is 35.9 Å². The van der Waals surface area contributed by atoms with Crippen LogP contribution in [0.2, 0.25) is 0 Å². The van der Waals surface area contributed by atoms with E-state index < -0.39 is 23.7 Å². The molecule has 0 bridgehead atoms. The maximum absolute atomic E-state index is 13.6. The third kappa shape index (κ3) is 2.93. The lowest BCUT2D eigenvalue weighted by molar-refractivity contribution is -0.581. The summed E-state index contributed by atoms with van der Waals surface area (Å²) in [6.45, 7) is 2.79. The van der Waals surface area contributed by atoms with Gasteiger partial charge in [0.1, 0.15) is 0 Å². The number of nitrogens with one attached hydrogen (secondary N) is 2. The van der Waals surface area contributed by atoms with Crippen LogP contribution in [0.25, 0.3) is 0 Å². The number of benzene rings is 1. The van der Waals surface area contributed by atoms with Gasteiger partial charge in [-0.25, -0.2) is 9.79 Å². The molecule has 0 spiro atoms. The van der Waals surface area contributed by atoms with E-state index in [0.29, 0.717) is 12.0 Å². The van der Waals surface area contributed by atoms with E-state index in [1.807, 2.05) is 0 Å². The molecule has 1 aliphatic rings. The number of amidine groups is 1. The van der Waals surface area contributed by atoms with Crippen LogP contribution in [0.3, 0.4) is 0 Å². The lowest BCUT2D eigenvalue weighted by atomic mass is 10.1. The average Bonchev–Trinajstić information content (AvgIpc) is 2.74. The molecule has 1 aliphatic heterocycles. The Morgan fingerprint density at radius 1 is 1.30 bits per heavy atom. The zero-order valence-corrected chi connectivity index (χ0v) is 12.7. The summed E-state index contributed by atoms with van der Waals surface area (Å²) in [4.78, 5) is 27.0. The van der Waals surface area contributed by atoms with Gasteiger partial charge >= 0.3 is 17.7 Å². The number of alkyl halides is 3. The van der Waals surface area contributed by atoms with Crippen molar-refractivity contribution in [3.63, 3.8) is 0 Å². The maximum atomic E-state index is 13.6. The van der Waals surface area contributed by atoms with Gasteiger partial charge in [-0.15, -0.1) is 0 Å². The topological polar surface area (TPSA) is 63.4 Å². The van der Waals surface area contributed by atoms with E-state index in [2.05, 4.69) is 4.99 Å². The molecule has 2 rings (SSSR count). The highest BCUT2D eigenvalue weighted by molar-refractivity contribution is 6.11. The second kappa shape index (κ2) is 6.02. The third-order valence-corrected chi connectivity index (χ3v) is 3.42. The summed E-state index contributed by atoms with van der Waals surface area (Å²) in [6.07, 6.45) is -4.52. The molecule has 0 aliphatic carbocycles. The van der Waals surface area contributed by atoms with E-state index in [4.69, 9.17) is 0 Å². The highest BCUT2D eigenvalue weighted by Crippen LogP contribution is 2.29. The lowest BCUT2D eigenvalue weighted by Crippen LogP contribution is -2.96. The minimum atomic E-state index is -4.99. The van der Waals surface area contributed by atoms with E-state index in [9.17, 15) is 22.8 Å². The summed E-state index contributed by atoms with van der Waals surface area (Å²) in [5, 5.41) is 1.75. The number of halogens is 3. The third-order valence-electron chi connectivity index (χ3n) is 3.42. The molecule has 1 heterocycles. The van der Waals surface area contributed by atoms with Gasteiger partial charge in [-0.2, -0.15) is 18.1 Å². The standard InChI is InChI=1S/C15H16F3N3O2/c1-3-9-21-12(11-7-5-4-6-8-11)20-14(13(21)23,15(16,17)18)19-10(2)22/h4-8H,3,9H2,1-2H3,(H,19,22)/p+1/t14-/m1/s1. The number of amides is 2. The van der Waals surface area contributed by atoms with Crippen LogP contribution >= 0.6 is 0 Å². The first-order valence-electron chi connectivity index (χ1n) is 7.11. The number of nitrogens with zero attached hydrogens (tertiary/aromatic N) is 1. The normalized spacial score (nSPS) is 21.3. The van der Waals surface area contributed by atoms with Crippen LogP contribution in [0.4, 0.5) is 13.2 Å². The smallest absolute Gasteiger partial charge is 0.298 e. The first-order valence-corrected chi connectivity index (χ1v) is 7.11. The predicted octanol–water partition coefficient (Wildman–Crippen LogP) is 0.161. The molecule has 23 heavy (non-hydrogen) atoms. The van der Waals surface area contributed by atoms with E-state index in [1.54, 1.807) is 42.6 Å². The highest BCUT2D eigenvalue weighted by Gasteiger charge is 2.72. The second-order valence-corrected chi connectivity index (χ2v) is 5.23. The van der Waals surface area contributed by atoms with Crippen molar-refractivity contribution in [1.82, 2.24) is 10.2 Å². The number of carbonyl (C=O) groups is 2. The molecule has 124 valence electrons. The van der Waals surface area contributed by atoms with Crippen molar-refractivity contribution in [2.24, 2.45) is 0 Å².